The van der Waals surface area contributed by atoms with Gasteiger partial charge in [0, 0.05) is 62.2 Å². The third kappa shape index (κ3) is 4.00. The Bertz CT molecular complexity index is 879. The molecule has 1 aliphatic rings. The van der Waals surface area contributed by atoms with Crippen LogP contribution in [-0.2, 0) is 0 Å². The summed E-state index contributed by atoms with van der Waals surface area (Å²) >= 11 is 0. The third-order valence-corrected chi connectivity index (χ3v) is 4.42. The van der Waals surface area contributed by atoms with Gasteiger partial charge in [0.1, 0.15) is 0 Å². The molecule has 4 rings (SSSR count). The van der Waals surface area contributed by atoms with Gasteiger partial charge >= 0.3 is 0 Å². The summed E-state index contributed by atoms with van der Waals surface area (Å²) in [4.78, 5) is 24.4. The fourth-order valence-corrected chi connectivity index (χ4v) is 2.96. The molecule has 1 saturated heterocycles. The van der Waals surface area contributed by atoms with E-state index in [9.17, 15) is 4.79 Å². The summed E-state index contributed by atoms with van der Waals surface area (Å²) in [7, 11) is 0. The number of nitrogens with zero attached hydrogens (tertiary/aromatic N) is 6. The second-order valence-electron chi connectivity index (χ2n) is 6.15. The Kier molecular flexibility index (Phi) is 4.86. The summed E-state index contributed by atoms with van der Waals surface area (Å²) in [5.41, 5.74) is 1.58. The molecule has 0 radical (unpaired) electrons. The van der Waals surface area contributed by atoms with Gasteiger partial charge in [-0.3, -0.25) is 14.8 Å². The number of anilines is 3. The zero-order valence-electron chi connectivity index (χ0n) is 14.7. The van der Waals surface area contributed by atoms with Crippen LogP contribution < -0.4 is 10.2 Å². The molecule has 0 aliphatic carbocycles. The number of nitrogens with one attached hydrogen (secondary N) is 1. The summed E-state index contributed by atoms with van der Waals surface area (Å²) in [6, 6.07) is 11.1. The number of hydrogen-bond donors (Lipinski definition) is 1. The van der Waals surface area contributed by atoms with E-state index in [0.29, 0.717) is 24.5 Å². The van der Waals surface area contributed by atoms with Crippen molar-refractivity contribution < 1.29 is 4.79 Å². The van der Waals surface area contributed by atoms with Gasteiger partial charge in [-0.1, -0.05) is 0 Å². The van der Waals surface area contributed by atoms with Crippen LogP contribution in [0.25, 0.3) is 0 Å². The van der Waals surface area contributed by atoms with Crippen molar-refractivity contribution in [2.45, 2.75) is 0 Å². The lowest BCUT2D eigenvalue weighted by molar-refractivity contribution is 0.0746. The Labute approximate surface area is 156 Å². The highest BCUT2D eigenvalue weighted by atomic mass is 16.2. The van der Waals surface area contributed by atoms with Crippen LogP contribution in [0.4, 0.5) is 17.3 Å². The van der Waals surface area contributed by atoms with Crippen molar-refractivity contribution in [2.24, 2.45) is 0 Å². The van der Waals surface area contributed by atoms with Gasteiger partial charge in [0.05, 0.1) is 0 Å². The first-order chi connectivity index (χ1) is 13.3. The molecule has 3 aromatic rings. The molecular formula is C19H19N7O. The summed E-state index contributed by atoms with van der Waals surface area (Å²) in [6.07, 6.45) is 6.72. The minimum atomic E-state index is 0.0417. The van der Waals surface area contributed by atoms with Crippen LogP contribution in [0.3, 0.4) is 0 Å². The number of carbonyl (C=O) groups is 1. The molecule has 1 amide bonds. The number of aromatic nitrogens is 4. The lowest BCUT2D eigenvalue weighted by atomic mass is 10.2. The predicted molar refractivity (Wildman–Crippen MR) is 102 cm³/mol. The fourth-order valence-electron chi connectivity index (χ4n) is 2.96. The van der Waals surface area contributed by atoms with Crippen molar-refractivity contribution in [2.75, 3.05) is 36.4 Å². The molecule has 8 nitrogen and oxygen atoms in total. The fraction of sp³-hybridized carbons (Fsp3) is 0.211. The first-order valence-electron chi connectivity index (χ1n) is 8.74. The lowest BCUT2D eigenvalue weighted by Crippen LogP contribution is -2.49. The molecule has 0 bridgehead atoms. The van der Waals surface area contributed by atoms with E-state index in [2.05, 4.69) is 30.4 Å². The molecule has 1 N–H and O–H groups in total. The zero-order chi connectivity index (χ0) is 18.5. The monoisotopic (exact) mass is 361 g/mol. The number of carbonyl (C=O) groups excluding carboxylic acids is 1. The first kappa shape index (κ1) is 16.9. The van der Waals surface area contributed by atoms with Crippen molar-refractivity contribution in [3.63, 3.8) is 0 Å². The normalized spacial score (nSPS) is 14.1. The SMILES string of the molecule is O=C(c1ccncc1)N1CCN(c2ccc(Nc3ccncc3)nn2)CC1. The van der Waals surface area contributed by atoms with Gasteiger partial charge in [-0.2, -0.15) is 0 Å². The van der Waals surface area contributed by atoms with Crippen LogP contribution in [0.1, 0.15) is 10.4 Å². The summed E-state index contributed by atoms with van der Waals surface area (Å²) in [6.45, 7) is 2.75. The molecule has 27 heavy (non-hydrogen) atoms. The average Bonchev–Trinajstić information content (AvgIpc) is 2.75. The maximum Gasteiger partial charge on any atom is 0.254 e. The second kappa shape index (κ2) is 7.77. The largest absolute Gasteiger partial charge is 0.352 e. The van der Waals surface area contributed by atoms with Crippen molar-refractivity contribution in [3.05, 3.63) is 66.7 Å². The van der Waals surface area contributed by atoms with E-state index < -0.39 is 0 Å². The van der Waals surface area contributed by atoms with Crippen molar-refractivity contribution in [1.29, 1.82) is 0 Å². The van der Waals surface area contributed by atoms with Gasteiger partial charge < -0.3 is 15.1 Å². The number of hydrogen-bond acceptors (Lipinski definition) is 7. The van der Waals surface area contributed by atoms with E-state index in [1.165, 1.54) is 0 Å². The molecule has 1 aliphatic heterocycles. The molecule has 3 aromatic heterocycles. The molecular weight excluding hydrogens is 342 g/mol. The molecule has 136 valence electrons. The third-order valence-electron chi connectivity index (χ3n) is 4.42. The second-order valence-corrected chi connectivity index (χ2v) is 6.15. The van der Waals surface area contributed by atoms with E-state index >= 15 is 0 Å². The number of amides is 1. The minimum Gasteiger partial charge on any atom is -0.352 e. The average molecular weight is 361 g/mol. The van der Waals surface area contributed by atoms with E-state index in [-0.39, 0.29) is 5.91 Å². The Hall–Kier alpha value is -3.55. The van der Waals surface area contributed by atoms with E-state index in [1.807, 2.05) is 29.2 Å². The van der Waals surface area contributed by atoms with Gasteiger partial charge in [-0.05, 0) is 36.4 Å². The Balaban J connectivity index is 1.35. The highest BCUT2D eigenvalue weighted by Gasteiger charge is 2.23. The molecule has 4 heterocycles. The standard InChI is InChI=1S/C19H19N7O/c27-19(15-3-7-20-8-4-15)26-13-11-25(12-14-26)18-2-1-17(23-24-18)22-16-5-9-21-10-6-16/h1-10H,11-14H2,(H,21,22,23). The topological polar surface area (TPSA) is 87.1 Å². The van der Waals surface area contributed by atoms with Crippen molar-refractivity contribution in [1.82, 2.24) is 25.1 Å². The Morgan fingerprint density at radius 3 is 2.11 bits per heavy atom. The van der Waals surface area contributed by atoms with Crippen LogP contribution in [0.15, 0.2) is 61.2 Å². The molecule has 8 heteroatoms. The smallest absolute Gasteiger partial charge is 0.254 e. The molecule has 0 aromatic carbocycles. The molecule has 0 saturated carbocycles. The quantitative estimate of drug-likeness (QED) is 0.760. The molecule has 0 unspecified atom stereocenters. The summed E-state index contributed by atoms with van der Waals surface area (Å²) < 4.78 is 0. The van der Waals surface area contributed by atoms with Crippen LogP contribution in [0.2, 0.25) is 0 Å². The Morgan fingerprint density at radius 1 is 0.815 bits per heavy atom. The highest BCUT2D eigenvalue weighted by molar-refractivity contribution is 5.94. The molecule has 0 atom stereocenters. The van der Waals surface area contributed by atoms with Crippen LogP contribution in [0.5, 0.6) is 0 Å². The van der Waals surface area contributed by atoms with Crippen molar-refractivity contribution in [3.8, 4) is 0 Å². The van der Waals surface area contributed by atoms with E-state index in [1.54, 1.807) is 36.9 Å². The molecule has 0 spiro atoms. The Morgan fingerprint density at radius 2 is 1.48 bits per heavy atom. The lowest BCUT2D eigenvalue weighted by Gasteiger charge is -2.35. The van der Waals surface area contributed by atoms with Gasteiger partial charge in [0.2, 0.25) is 0 Å². The maximum atomic E-state index is 12.5. The molecule has 1 fully saturated rings. The van der Waals surface area contributed by atoms with Gasteiger partial charge in [-0.15, -0.1) is 10.2 Å². The number of rotatable bonds is 4. The van der Waals surface area contributed by atoms with Crippen LogP contribution >= 0.6 is 0 Å². The summed E-state index contributed by atoms with van der Waals surface area (Å²) in [5.74, 6) is 1.53. The van der Waals surface area contributed by atoms with Gasteiger partial charge in [-0.25, -0.2) is 0 Å². The first-order valence-corrected chi connectivity index (χ1v) is 8.74. The number of piperazine rings is 1. The van der Waals surface area contributed by atoms with Crippen LogP contribution in [0, 0.1) is 0 Å². The van der Waals surface area contributed by atoms with E-state index in [0.717, 1.165) is 24.6 Å². The van der Waals surface area contributed by atoms with Gasteiger partial charge in [0.15, 0.2) is 11.6 Å². The van der Waals surface area contributed by atoms with Crippen LogP contribution in [-0.4, -0.2) is 57.2 Å². The van der Waals surface area contributed by atoms with E-state index in [4.69, 9.17) is 0 Å². The maximum absolute atomic E-state index is 12.5. The zero-order valence-corrected chi connectivity index (χ0v) is 14.7. The predicted octanol–water partition coefficient (Wildman–Crippen LogP) is 1.97. The van der Waals surface area contributed by atoms with Crippen molar-refractivity contribution >= 4 is 23.2 Å². The minimum absolute atomic E-state index is 0.0417. The summed E-state index contributed by atoms with van der Waals surface area (Å²) in [5, 5.41) is 11.7. The number of pyridine rings is 2. The highest BCUT2D eigenvalue weighted by Crippen LogP contribution is 2.17. The van der Waals surface area contributed by atoms with Gasteiger partial charge in [0.25, 0.3) is 5.91 Å².